The first-order valence-electron chi connectivity index (χ1n) is 8.90. The van der Waals surface area contributed by atoms with Gasteiger partial charge in [0.25, 0.3) is 0 Å². The highest BCUT2D eigenvalue weighted by molar-refractivity contribution is 5.74. The second-order valence-corrected chi connectivity index (χ2v) is 6.74. The average molecular weight is 354 g/mol. The summed E-state index contributed by atoms with van der Waals surface area (Å²) in [5.74, 6) is 0.599. The van der Waals surface area contributed by atoms with Crippen molar-refractivity contribution in [3.8, 4) is 5.75 Å². The standard InChI is InChI=1S/C20H26N4O2/c1-26-19-6-4-16(5-7-19)14-24-10-9-23(15-18(24)11-20(21)25)13-17-3-2-8-22-12-17/h2-8,12,18H,9-11,13-15H2,1H3,(H2,21,25). The van der Waals surface area contributed by atoms with Crippen LogP contribution >= 0.6 is 0 Å². The van der Waals surface area contributed by atoms with E-state index >= 15 is 0 Å². The Bertz CT molecular complexity index is 706. The lowest BCUT2D eigenvalue weighted by Crippen LogP contribution is -2.53. The van der Waals surface area contributed by atoms with Crippen LogP contribution in [0.15, 0.2) is 48.8 Å². The zero-order chi connectivity index (χ0) is 18.4. The minimum atomic E-state index is -0.252. The zero-order valence-corrected chi connectivity index (χ0v) is 15.2. The second-order valence-electron chi connectivity index (χ2n) is 6.74. The molecular weight excluding hydrogens is 328 g/mol. The third kappa shape index (κ3) is 5.03. The van der Waals surface area contributed by atoms with Crippen LogP contribution in [0.2, 0.25) is 0 Å². The van der Waals surface area contributed by atoms with Gasteiger partial charge in [-0.3, -0.25) is 19.6 Å². The van der Waals surface area contributed by atoms with E-state index < -0.39 is 0 Å². The Kier molecular flexibility index (Phi) is 6.20. The smallest absolute Gasteiger partial charge is 0.219 e. The summed E-state index contributed by atoms with van der Waals surface area (Å²) >= 11 is 0. The van der Waals surface area contributed by atoms with Crippen molar-refractivity contribution in [1.29, 1.82) is 0 Å². The normalized spacial score (nSPS) is 18.6. The first-order valence-corrected chi connectivity index (χ1v) is 8.90. The van der Waals surface area contributed by atoms with Crippen molar-refractivity contribution in [2.75, 3.05) is 26.7 Å². The van der Waals surface area contributed by atoms with Crippen molar-refractivity contribution in [2.45, 2.75) is 25.6 Å². The molecule has 1 atom stereocenters. The highest BCUT2D eigenvalue weighted by Gasteiger charge is 2.28. The van der Waals surface area contributed by atoms with Crippen LogP contribution in [0.5, 0.6) is 5.75 Å². The van der Waals surface area contributed by atoms with Gasteiger partial charge in [0.05, 0.1) is 7.11 Å². The van der Waals surface area contributed by atoms with E-state index in [-0.39, 0.29) is 11.9 Å². The predicted octanol–water partition coefficient (Wildman–Crippen LogP) is 1.65. The molecule has 1 amide bonds. The van der Waals surface area contributed by atoms with Gasteiger partial charge in [0.1, 0.15) is 5.75 Å². The number of aromatic nitrogens is 1. The lowest BCUT2D eigenvalue weighted by atomic mass is 10.1. The largest absolute Gasteiger partial charge is 0.497 e. The number of piperazine rings is 1. The molecule has 0 aliphatic carbocycles. The van der Waals surface area contributed by atoms with E-state index in [4.69, 9.17) is 10.5 Å². The third-order valence-electron chi connectivity index (χ3n) is 4.80. The molecule has 0 radical (unpaired) electrons. The van der Waals surface area contributed by atoms with Crippen molar-refractivity contribution in [1.82, 2.24) is 14.8 Å². The fourth-order valence-electron chi connectivity index (χ4n) is 3.45. The number of rotatable bonds is 7. The molecule has 1 aromatic heterocycles. The number of hydrogen-bond donors (Lipinski definition) is 1. The SMILES string of the molecule is COc1ccc(CN2CCN(Cc3cccnc3)CC2CC(N)=O)cc1. The van der Waals surface area contributed by atoms with E-state index in [2.05, 4.69) is 33.0 Å². The lowest BCUT2D eigenvalue weighted by molar-refractivity contribution is -0.120. The van der Waals surface area contributed by atoms with Crippen molar-refractivity contribution >= 4 is 5.91 Å². The van der Waals surface area contributed by atoms with Crippen molar-refractivity contribution in [3.05, 3.63) is 59.9 Å². The Labute approximate surface area is 154 Å². The zero-order valence-electron chi connectivity index (χ0n) is 15.2. The molecule has 6 heteroatoms. The molecule has 1 unspecified atom stereocenters. The van der Waals surface area contributed by atoms with Crippen LogP contribution in [0, 0.1) is 0 Å². The summed E-state index contributed by atoms with van der Waals surface area (Å²) in [6.45, 7) is 4.35. The number of ether oxygens (including phenoxy) is 1. The van der Waals surface area contributed by atoms with Gasteiger partial charge in [-0.05, 0) is 29.3 Å². The number of primary amides is 1. The number of nitrogens with zero attached hydrogens (tertiary/aromatic N) is 3. The number of pyridine rings is 1. The van der Waals surface area contributed by atoms with Gasteiger partial charge < -0.3 is 10.5 Å². The quantitative estimate of drug-likeness (QED) is 0.819. The van der Waals surface area contributed by atoms with Crippen LogP contribution in [-0.4, -0.2) is 53.5 Å². The molecule has 0 saturated carbocycles. The minimum Gasteiger partial charge on any atom is -0.497 e. The molecule has 1 saturated heterocycles. The fourth-order valence-corrected chi connectivity index (χ4v) is 3.45. The van der Waals surface area contributed by atoms with Gasteiger partial charge in [0, 0.05) is 57.6 Å². The fraction of sp³-hybridized carbons (Fsp3) is 0.400. The van der Waals surface area contributed by atoms with Crippen LogP contribution in [0.4, 0.5) is 0 Å². The maximum atomic E-state index is 11.6. The first kappa shape index (κ1) is 18.4. The minimum absolute atomic E-state index is 0.125. The van der Waals surface area contributed by atoms with Crippen molar-refractivity contribution in [3.63, 3.8) is 0 Å². The predicted molar refractivity (Wildman–Crippen MR) is 101 cm³/mol. The highest BCUT2D eigenvalue weighted by Crippen LogP contribution is 2.19. The van der Waals surface area contributed by atoms with E-state index in [1.165, 1.54) is 11.1 Å². The summed E-state index contributed by atoms with van der Waals surface area (Å²) in [4.78, 5) is 20.5. The van der Waals surface area contributed by atoms with Gasteiger partial charge >= 0.3 is 0 Å². The molecular formula is C20H26N4O2. The van der Waals surface area contributed by atoms with Gasteiger partial charge in [-0.15, -0.1) is 0 Å². The van der Waals surface area contributed by atoms with Gasteiger partial charge in [-0.25, -0.2) is 0 Å². The number of hydrogen-bond acceptors (Lipinski definition) is 5. The Morgan fingerprint density at radius 3 is 2.65 bits per heavy atom. The van der Waals surface area contributed by atoms with E-state index in [0.29, 0.717) is 6.42 Å². The summed E-state index contributed by atoms with van der Waals surface area (Å²) < 4.78 is 5.22. The summed E-state index contributed by atoms with van der Waals surface area (Å²) in [6.07, 6.45) is 4.05. The summed E-state index contributed by atoms with van der Waals surface area (Å²) in [7, 11) is 1.67. The summed E-state index contributed by atoms with van der Waals surface area (Å²) in [5.41, 5.74) is 7.90. The molecule has 138 valence electrons. The molecule has 1 aromatic carbocycles. The van der Waals surface area contributed by atoms with Crippen molar-refractivity contribution < 1.29 is 9.53 Å². The molecule has 1 aliphatic rings. The van der Waals surface area contributed by atoms with Crippen LogP contribution in [0.1, 0.15) is 17.5 Å². The molecule has 2 heterocycles. The lowest BCUT2D eigenvalue weighted by Gasteiger charge is -2.41. The van der Waals surface area contributed by atoms with Gasteiger partial charge in [0.2, 0.25) is 5.91 Å². The molecule has 26 heavy (non-hydrogen) atoms. The molecule has 0 bridgehead atoms. The summed E-state index contributed by atoms with van der Waals surface area (Å²) in [6, 6.07) is 12.2. The molecule has 2 aromatic rings. The molecule has 2 N–H and O–H groups in total. The monoisotopic (exact) mass is 354 g/mol. The Morgan fingerprint density at radius 1 is 1.19 bits per heavy atom. The molecule has 3 rings (SSSR count). The Hall–Kier alpha value is -2.44. The maximum Gasteiger partial charge on any atom is 0.219 e. The molecule has 6 nitrogen and oxygen atoms in total. The van der Waals surface area contributed by atoms with Gasteiger partial charge in [-0.2, -0.15) is 0 Å². The molecule has 1 aliphatic heterocycles. The number of amides is 1. The Balaban J connectivity index is 1.64. The average Bonchev–Trinajstić information content (AvgIpc) is 2.65. The van der Waals surface area contributed by atoms with E-state index in [1.54, 1.807) is 13.3 Å². The van der Waals surface area contributed by atoms with E-state index in [9.17, 15) is 4.79 Å². The van der Waals surface area contributed by atoms with E-state index in [0.717, 1.165) is 38.5 Å². The van der Waals surface area contributed by atoms with Crippen molar-refractivity contribution in [2.24, 2.45) is 5.73 Å². The molecule has 0 spiro atoms. The highest BCUT2D eigenvalue weighted by atomic mass is 16.5. The number of nitrogens with two attached hydrogens (primary N) is 1. The van der Waals surface area contributed by atoms with Gasteiger partial charge in [-0.1, -0.05) is 18.2 Å². The number of carbonyl (C=O) groups excluding carboxylic acids is 1. The summed E-state index contributed by atoms with van der Waals surface area (Å²) in [5, 5.41) is 0. The number of carbonyl (C=O) groups is 1. The van der Waals surface area contributed by atoms with E-state index in [1.807, 2.05) is 24.4 Å². The Morgan fingerprint density at radius 2 is 2.00 bits per heavy atom. The number of benzene rings is 1. The second kappa shape index (κ2) is 8.78. The third-order valence-corrected chi connectivity index (χ3v) is 4.80. The number of methoxy groups -OCH3 is 1. The topological polar surface area (TPSA) is 71.7 Å². The van der Waals surface area contributed by atoms with Crippen LogP contribution in [-0.2, 0) is 17.9 Å². The van der Waals surface area contributed by atoms with Gasteiger partial charge in [0.15, 0.2) is 0 Å². The van der Waals surface area contributed by atoms with Crippen LogP contribution < -0.4 is 10.5 Å². The van der Waals surface area contributed by atoms with Crippen LogP contribution in [0.3, 0.4) is 0 Å². The maximum absolute atomic E-state index is 11.6. The first-order chi connectivity index (χ1) is 12.6. The molecule has 1 fully saturated rings. The van der Waals surface area contributed by atoms with Crippen LogP contribution in [0.25, 0.3) is 0 Å².